The first kappa shape index (κ1) is 15.5. The first-order valence-electron chi connectivity index (χ1n) is 5.52. The van der Waals surface area contributed by atoms with Gasteiger partial charge in [-0.15, -0.1) is 0 Å². The number of carbonyl (C=O) groups excluding carboxylic acids is 1. The minimum absolute atomic E-state index is 0.124. The molecular weight excluding hydrogens is 288 g/mol. The van der Waals surface area contributed by atoms with Gasteiger partial charge in [0.2, 0.25) is 5.91 Å². The number of benzene rings is 1. The van der Waals surface area contributed by atoms with Crippen LogP contribution >= 0.6 is 11.6 Å². The maximum Gasteiger partial charge on any atom is 0.242 e. The van der Waals surface area contributed by atoms with Gasteiger partial charge in [-0.05, 0) is 31.2 Å². The van der Waals surface area contributed by atoms with Gasteiger partial charge in [0, 0.05) is 17.1 Å². The van der Waals surface area contributed by atoms with Crippen molar-refractivity contribution in [3.63, 3.8) is 0 Å². The molecule has 1 amide bonds. The van der Waals surface area contributed by atoms with Gasteiger partial charge in [-0.2, -0.15) is 5.26 Å². The normalized spacial score (nSPS) is 12.5. The molecule has 1 rings (SSSR count). The molecule has 0 fully saturated rings. The van der Waals surface area contributed by atoms with Crippen molar-refractivity contribution in [3.05, 3.63) is 29.3 Å². The third kappa shape index (κ3) is 4.54. The van der Waals surface area contributed by atoms with Crippen molar-refractivity contribution in [2.45, 2.75) is 18.6 Å². The summed E-state index contributed by atoms with van der Waals surface area (Å²) in [5.41, 5.74) is 0.469. The number of hydrogen-bond donors (Lipinski definition) is 1. The predicted octanol–water partition coefficient (Wildman–Crippen LogP) is 2.00. The van der Waals surface area contributed by atoms with Crippen molar-refractivity contribution in [1.82, 2.24) is 0 Å². The molecule has 1 aromatic rings. The van der Waals surface area contributed by atoms with E-state index in [9.17, 15) is 13.2 Å². The predicted molar refractivity (Wildman–Crippen MR) is 73.6 cm³/mol. The molecule has 0 radical (unpaired) electrons. The van der Waals surface area contributed by atoms with Gasteiger partial charge >= 0.3 is 0 Å². The number of nitrogens with one attached hydrogen (secondary N) is 1. The monoisotopic (exact) mass is 300 g/mol. The van der Waals surface area contributed by atoms with Crippen LogP contribution < -0.4 is 5.32 Å². The van der Waals surface area contributed by atoms with E-state index in [1.54, 1.807) is 30.3 Å². The Hall–Kier alpha value is -1.58. The third-order valence-corrected chi connectivity index (χ3v) is 4.83. The lowest BCUT2D eigenvalue weighted by Crippen LogP contribution is -2.34. The van der Waals surface area contributed by atoms with Crippen molar-refractivity contribution >= 4 is 33.0 Å². The average Bonchev–Trinajstić information content (AvgIpc) is 2.38. The molecule has 0 aliphatic carbocycles. The highest BCUT2D eigenvalue weighted by Crippen LogP contribution is 2.14. The average molecular weight is 301 g/mol. The van der Waals surface area contributed by atoms with E-state index in [1.165, 1.54) is 6.92 Å². The van der Waals surface area contributed by atoms with E-state index in [0.717, 1.165) is 0 Å². The third-order valence-electron chi connectivity index (χ3n) is 2.52. The molecule has 0 saturated carbocycles. The first-order chi connectivity index (χ1) is 8.86. The summed E-state index contributed by atoms with van der Waals surface area (Å²) in [6.45, 7) is 1.30. The number of halogens is 1. The standard InChI is InChI=1S/C12H13ClN2O3S/c1-9(19(17,18)8-2-7-14)12(16)15-11-5-3-10(13)4-6-11/h3-6,9H,2,8H2,1H3,(H,15,16). The second-order valence-electron chi connectivity index (χ2n) is 3.91. The minimum atomic E-state index is -3.61. The molecule has 19 heavy (non-hydrogen) atoms. The zero-order valence-corrected chi connectivity index (χ0v) is 11.8. The van der Waals surface area contributed by atoms with Gasteiger partial charge in [0.25, 0.3) is 0 Å². The zero-order chi connectivity index (χ0) is 14.5. The fourth-order valence-electron chi connectivity index (χ4n) is 1.30. The number of carbonyl (C=O) groups is 1. The van der Waals surface area contributed by atoms with E-state index in [2.05, 4.69) is 5.32 Å². The van der Waals surface area contributed by atoms with Crippen molar-refractivity contribution < 1.29 is 13.2 Å². The van der Waals surface area contributed by atoms with Gasteiger partial charge in [-0.3, -0.25) is 4.79 Å². The molecule has 0 heterocycles. The molecule has 1 aromatic carbocycles. The highest BCUT2D eigenvalue weighted by molar-refractivity contribution is 7.92. The maximum absolute atomic E-state index is 11.8. The summed E-state index contributed by atoms with van der Waals surface area (Å²) in [6, 6.07) is 8.08. The zero-order valence-electron chi connectivity index (χ0n) is 10.3. The van der Waals surface area contributed by atoms with Crippen LogP contribution in [0.5, 0.6) is 0 Å². The number of nitrogens with zero attached hydrogens (tertiary/aromatic N) is 1. The molecule has 7 heteroatoms. The summed E-state index contributed by atoms with van der Waals surface area (Å²) in [5, 5.41) is 10.2. The number of anilines is 1. The SMILES string of the molecule is CC(C(=O)Nc1ccc(Cl)cc1)S(=O)(=O)CCC#N. The van der Waals surface area contributed by atoms with E-state index in [1.807, 2.05) is 0 Å². The van der Waals surface area contributed by atoms with Crippen LogP contribution in [0, 0.1) is 11.3 Å². The van der Waals surface area contributed by atoms with Gasteiger partial charge in [-0.25, -0.2) is 8.42 Å². The summed E-state index contributed by atoms with van der Waals surface area (Å²) in [6.07, 6.45) is -0.124. The molecule has 1 N–H and O–H groups in total. The summed E-state index contributed by atoms with van der Waals surface area (Å²) in [7, 11) is -3.61. The molecule has 0 bridgehead atoms. The van der Waals surface area contributed by atoms with E-state index < -0.39 is 21.0 Å². The number of sulfone groups is 1. The lowest BCUT2D eigenvalue weighted by molar-refractivity contribution is -0.115. The Morgan fingerprint density at radius 3 is 2.53 bits per heavy atom. The molecule has 102 valence electrons. The van der Waals surface area contributed by atoms with Crippen LogP contribution in [0.15, 0.2) is 24.3 Å². The van der Waals surface area contributed by atoms with Crippen LogP contribution in [0.25, 0.3) is 0 Å². The Kier molecular flexibility index (Phi) is 5.33. The van der Waals surface area contributed by atoms with Crippen LogP contribution in [0.3, 0.4) is 0 Å². The van der Waals surface area contributed by atoms with E-state index >= 15 is 0 Å². The molecular formula is C12H13ClN2O3S. The van der Waals surface area contributed by atoms with Gasteiger partial charge in [-0.1, -0.05) is 11.6 Å². The van der Waals surface area contributed by atoms with Crippen LogP contribution in [0.4, 0.5) is 5.69 Å². The maximum atomic E-state index is 11.8. The second-order valence-corrected chi connectivity index (χ2v) is 6.79. The number of amides is 1. The lowest BCUT2D eigenvalue weighted by atomic mass is 10.3. The topological polar surface area (TPSA) is 87.0 Å². The summed E-state index contributed by atoms with van der Waals surface area (Å²) < 4.78 is 23.5. The molecule has 1 unspecified atom stereocenters. The molecule has 5 nitrogen and oxygen atoms in total. The molecule has 1 atom stereocenters. The van der Waals surface area contributed by atoms with Crippen LogP contribution in [-0.4, -0.2) is 25.3 Å². The van der Waals surface area contributed by atoms with Gasteiger partial charge in [0.05, 0.1) is 11.8 Å². The Balaban J connectivity index is 2.73. The fourth-order valence-corrected chi connectivity index (χ4v) is 2.55. The molecule has 0 spiro atoms. The Labute approximate surface area is 117 Å². The van der Waals surface area contributed by atoms with Crippen molar-refractivity contribution in [3.8, 4) is 6.07 Å². The first-order valence-corrected chi connectivity index (χ1v) is 7.61. The molecule has 0 aliphatic rings. The quantitative estimate of drug-likeness (QED) is 0.901. The fraction of sp³-hybridized carbons (Fsp3) is 0.333. The van der Waals surface area contributed by atoms with E-state index in [0.29, 0.717) is 10.7 Å². The number of nitriles is 1. The molecule has 0 aromatic heterocycles. The number of rotatable bonds is 5. The Morgan fingerprint density at radius 1 is 1.42 bits per heavy atom. The largest absolute Gasteiger partial charge is 0.325 e. The van der Waals surface area contributed by atoms with E-state index in [-0.39, 0.29) is 12.2 Å². The van der Waals surface area contributed by atoms with E-state index in [4.69, 9.17) is 16.9 Å². The Morgan fingerprint density at radius 2 is 2.00 bits per heavy atom. The van der Waals surface area contributed by atoms with Crippen LogP contribution in [0.1, 0.15) is 13.3 Å². The Bertz CT molecular complexity index is 590. The van der Waals surface area contributed by atoms with Crippen molar-refractivity contribution in [2.75, 3.05) is 11.1 Å². The van der Waals surface area contributed by atoms with Crippen LogP contribution in [0.2, 0.25) is 5.02 Å². The highest BCUT2D eigenvalue weighted by atomic mass is 35.5. The van der Waals surface area contributed by atoms with Crippen LogP contribution in [-0.2, 0) is 14.6 Å². The highest BCUT2D eigenvalue weighted by Gasteiger charge is 2.27. The smallest absolute Gasteiger partial charge is 0.242 e. The minimum Gasteiger partial charge on any atom is -0.325 e. The summed E-state index contributed by atoms with van der Waals surface area (Å²) >= 11 is 5.70. The summed E-state index contributed by atoms with van der Waals surface area (Å²) in [5.74, 6) is -0.945. The van der Waals surface area contributed by atoms with Crippen molar-refractivity contribution in [2.24, 2.45) is 0 Å². The van der Waals surface area contributed by atoms with Gasteiger partial charge in [0.1, 0.15) is 5.25 Å². The van der Waals surface area contributed by atoms with Gasteiger partial charge in [0.15, 0.2) is 9.84 Å². The van der Waals surface area contributed by atoms with Gasteiger partial charge < -0.3 is 5.32 Å². The second kappa shape index (κ2) is 6.55. The molecule has 0 aliphatic heterocycles. The lowest BCUT2D eigenvalue weighted by Gasteiger charge is -2.12. The number of hydrogen-bond acceptors (Lipinski definition) is 4. The summed E-state index contributed by atoms with van der Waals surface area (Å²) in [4.78, 5) is 11.8. The molecule has 0 saturated heterocycles. The van der Waals surface area contributed by atoms with Crippen molar-refractivity contribution in [1.29, 1.82) is 5.26 Å².